The lowest BCUT2D eigenvalue weighted by Crippen LogP contribution is -2.88. The lowest BCUT2D eigenvalue weighted by molar-refractivity contribution is -1.11. The number of nitrogens with zero attached hydrogens (tertiary/aromatic N) is 1. The fourth-order valence-electron chi connectivity index (χ4n) is 3.73. The van der Waals surface area contributed by atoms with Crippen LogP contribution in [0.2, 0.25) is 0 Å². The second kappa shape index (κ2) is 10.2. The first kappa shape index (κ1) is 31.1. The highest BCUT2D eigenvalue weighted by Crippen LogP contribution is 2.69. The molecule has 1 fully saturated rings. The van der Waals surface area contributed by atoms with E-state index >= 15 is 0 Å². The van der Waals surface area contributed by atoms with E-state index in [0.717, 1.165) is 0 Å². The van der Waals surface area contributed by atoms with Gasteiger partial charge < -0.3 is 0 Å². The van der Waals surface area contributed by atoms with Gasteiger partial charge in [0.25, 0.3) is 0 Å². The van der Waals surface area contributed by atoms with E-state index in [9.17, 15) is 61.2 Å². The van der Waals surface area contributed by atoms with Crippen molar-refractivity contribution < 1.29 is 69.9 Å². The summed E-state index contributed by atoms with van der Waals surface area (Å²) in [5.74, 6) is -27.8. The first-order chi connectivity index (χ1) is 15.2. The van der Waals surface area contributed by atoms with Crippen LogP contribution < -0.4 is 0 Å². The number of hydrogen-bond acceptors (Lipinski definition) is 2. The zero-order valence-corrected chi connectivity index (χ0v) is 18.3. The molecule has 0 aromatic heterocycles. The Hall–Kier alpha value is -0.970. The van der Waals surface area contributed by atoms with Gasteiger partial charge in [0.1, 0.15) is 4.11 Å². The summed E-state index contributed by atoms with van der Waals surface area (Å²) in [6, 6.07) is -7.33. The Balaban J connectivity index is 2.91. The molecule has 1 rings (SSSR count). The van der Waals surface area contributed by atoms with Crippen LogP contribution in [0.5, 0.6) is 0 Å². The lowest BCUT2D eigenvalue weighted by Gasteiger charge is -2.51. The van der Waals surface area contributed by atoms with Crippen LogP contribution in [0.3, 0.4) is 0 Å². The number of quaternary nitrogens is 1. The highest BCUT2D eigenvalue weighted by molar-refractivity contribution is 7.80. The van der Waals surface area contributed by atoms with Crippen molar-refractivity contribution in [2.24, 2.45) is 0 Å². The van der Waals surface area contributed by atoms with E-state index in [1.54, 1.807) is 0 Å². The van der Waals surface area contributed by atoms with Crippen LogP contribution in [-0.2, 0) is 10.3 Å². The van der Waals surface area contributed by atoms with Gasteiger partial charge >= 0.3 is 39.9 Å². The molecule has 17 heteroatoms. The van der Waals surface area contributed by atoms with Gasteiger partial charge in [0.2, 0.25) is 6.43 Å². The summed E-state index contributed by atoms with van der Waals surface area (Å²) >= 11 is 0. The molecule has 34 heavy (non-hydrogen) atoms. The predicted molar refractivity (Wildman–Crippen MR) is 93.3 cm³/mol. The van der Waals surface area contributed by atoms with E-state index in [2.05, 4.69) is 0 Å². The third-order valence-corrected chi connectivity index (χ3v) is 6.87. The minimum atomic E-state index is -7.50. The molecule has 1 aliphatic heterocycles. The largest absolute Gasteiger partial charge is 0.517 e. The van der Waals surface area contributed by atoms with Crippen molar-refractivity contribution in [3.05, 3.63) is 0 Å². The monoisotopic (exact) mass is 550 g/mol. The second-order valence-electron chi connectivity index (χ2n) is 8.12. The minimum Gasteiger partial charge on any atom is -0.238 e. The van der Waals surface area contributed by atoms with Crippen LogP contribution in [0.4, 0.5) is 52.8 Å². The van der Waals surface area contributed by atoms with E-state index in [1.807, 2.05) is 0 Å². The van der Waals surface area contributed by atoms with E-state index in [1.165, 1.54) is 0 Å². The van der Waals surface area contributed by atoms with Gasteiger partial charge in [-0.25, -0.2) is 13.3 Å². The first-order valence-corrected chi connectivity index (χ1v) is 11.6. The molecule has 0 radical (unpaired) electrons. The number of alkyl halides is 11. The normalized spacial score (nSPS) is 29.9. The molecule has 0 aliphatic carbocycles. The van der Waals surface area contributed by atoms with Crippen molar-refractivity contribution in [1.29, 1.82) is 0 Å². The molecule has 0 bridgehead atoms. The van der Waals surface area contributed by atoms with E-state index < -0.39 is 69.7 Å². The van der Waals surface area contributed by atoms with Crippen molar-refractivity contribution in [2.45, 2.75) is 107 Å². The number of unbranched alkanes of at least 4 members (excludes halogenated alkanes) is 8. The highest BCUT2D eigenvalue weighted by Gasteiger charge is 3.05. The van der Waals surface area contributed by atoms with Gasteiger partial charge in [-0.1, -0.05) is 44.9 Å². The lowest BCUT2D eigenvalue weighted by atomic mass is 9.85. The number of halogens is 12. The standard InChI is InChI=1S/C17H23F12NO3S/c18-12(19)10-8-6-4-2-1-3-5-7-9-11-13(20)14(21,22)15(23,24)16(25,26)17(27,28)30(13,29)34(31,32)33/h12H,1-11H2/p+1. The second-order valence-corrected chi connectivity index (χ2v) is 9.51. The molecule has 1 saturated heterocycles. The summed E-state index contributed by atoms with van der Waals surface area (Å²) in [6.07, 6.45) is -3.86. The van der Waals surface area contributed by atoms with Gasteiger partial charge in [0.05, 0.1) is 0 Å². The quantitative estimate of drug-likeness (QED) is 0.0866. The summed E-state index contributed by atoms with van der Waals surface area (Å²) in [6.45, 7) is 0. The van der Waals surface area contributed by atoms with Crippen molar-refractivity contribution in [2.75, 3.05) is 0 Å². The zero-order valence-electron chi connectivity index (χ0n) is 17.5. The zero-order chi connectivity index (χ0) is 26.9. The van der Waals surface area contributed by atoms with Crippen LogP contribution in [0.25, 0.3) is 0 Å². The smallest absolute Gasteiger partial charge is 0.238 e. The minimum absolute atomic E-state index is 0.0276. The Labute approximate surface area is 187 Å². The van der Waals surface area contributed by atoms with Gasteiger partial charge in [0.15, 0.2) is 0 Å². The maximum atomic E-state index is 15.0. The van der Waals surface area contributed by atoms with E-state index in [4.69, 9.17) is 4.55 Å². The highest BCUT2D eigenvalue weighted by atomic mass is 32.2. The number of rotatable bonds is 13. The molecule has 0 amide bonds. The molecular weight excluding hydrogens is 526 g/mol. The SMILES string of the molecule is O=S(=O)(O)[N+]1(F)C(F)(F)C(F)(F)C(F)(F)C(F)(F)C1(F)CCCCCCCCCCCC(F)F. The number of piperidine rings is 1. The number of hydrogen-bond donors (Lipinski definition) is 1. The van der Waals surface area contributed by atoms with Crippen LogP contribution in [0.1, 0.15) is 70.6 Å². The molecule has 1 N–H and O–H groups in total. The summed E-state index contributed by atoms with van der Waals surface area (Å²) in [7, 11) is -7.50. The van der Waals surface area contributed by atoms with Crippen molar-refractivity contribution in [3.8, 4) is 0 Å². The summed E-state index contributed by atoms with van der Waals surface area (Å²) in [5.41, 5.74) is 0. The van der Waals surface area contributed by atoms with Crippen molar-refractivity contribution >= 4 is 10.3 Å². The van der Waals surface area contributed by atoms with Crippen LogP contribution in [0.15, 0.2) is 0 Å². The molecule has 0 saturated carbocycles. The fraction of sp³-hybridized carbons (Fsp3) is 1.00. The van der Waals surface area contributed by atoms with Gasteiger partial charge in [-0.15, -0.1) is 17.2 Å². The Morgan fingerprint density at radius 3 is 1.41 bits per heavy atom. The average Bonchev–Trinajstić information content (AvgIpc) is 2.68. The molecule has 0 aromatic carbocycles. The van der Waals surface area contributed by atoms with Gasteiger partial charge in [-0.2, -0.15) is 30.7 Å². The predicted octanol–water partition coefficient (Wildman–Crippen LogP) is 7.22. The topological polar surface area (TPSA) is 54.4 Å². The molecule has 2 unspecified atom stereocenters. The first-order valence-electron chi connectivity index (χ1n) is 10.2. The Bertz CT molecular complexity index is 795. The van der Waals surface area contributed by atoms with E-state index in [-0.39, 0.29) is 19.3 Å². The summed E-state index contributed by atoms with van der Waals surface area (Å²) in [4.78, 5) is 0. The average molecular weight is 550 g/mol. The molecule has 1 heterocycles. The van der Waals surface area contributed by atoms with Crippen molar-refractivity contribution in [3.63, 3.8) is 0 Å². The maximum absolute atomic E-state index is 15.0. The summed E-state index contributed by atoms with van der Waals surface area (Å²) in [5, 5.41) is 0. The van der Waals surface area contributed by atoms with E-state index in [0.29, 0.717) is 32.1 Å². The molecule has 4 nitrogen and oxygen atoms in total. The molecule has 2 atom stereocenters. The van der Waals surface area contributed by atoms with Crippen LogP contribution >= 0.6 is 0 Å². The Morgan fingerprint density at radius 1 is 0.647 bits per heavy atom. The summed E-state index contributed by atoms with van der Waals surface area (Å²) < 4.78 is 189. The third kappa shape index (κ3) is 4.72. The van der Waals surface area contributed by atoms with Crippen LogP contribution in [-0.4, -0.2) is 53.1 Å². The molecule has 0 spiro atoms. The fourth-order valence-corrected chi connectivity index (χ4v) is 4.71. The molecular formula is C17H24F12NO3S+. The van der Waals surface area contributed by atoms with Crippen LogP contribution in [0, 0.1) is 0 Å². The molecule has 204 valence electrons. The van der Waals surface area contributed by atoms with Crippen molar-refractivity contribution in [1.82, 2.24) is 0 Å². The van der Waals surface area contributed by atoms with Gasteiger partial charge in [0, 0.05) is 17.3 Å². The Kier molecular flexibility index (Phi) is 9.30. The molecule has 0 aromatic rings. The van der Waals surface area contributed by atoms with Gasteiger partial charge in [-0.3, -0.25) is 0 Å². The Morgan fingerprint density at radius 2 is 1.03 bits per heavy atom. The molecule has 1 aliphatic rings. The van der Waals surface area contributed by atoms with Gasteiger partial charge in [-0.05, 0) is 12.8 Å². The maximum Gasteiger partial charge on any atom is 0.517 e. The third-order valence-electron chi connectivity index (χ3n) is 5.71.